The van der Waals surface area contributed by atoms with E-state index in [1.54, 1.807) is 18.6 Å². The van der Waals surface area contributed by atoms with Crippen molar-refractivity contribution in [1.29, 1.82) is 0 Å². The number of amides is 1. The molecule has 1 fully saturated rings. The van der Waals surface area contributed by atoms with E-state index in [9.17, 15) is 4.79 Å². The number of aromatic nitrogens is 3. The SMILES string of the molecule is Cc1cccc(NC(=O)c2ccc(-c3cc(C4CCNC4)c4ncncc4c3)cn2)c1. The number of anilines is 1. The van der Waals surface area contributed by atoms with Gasteiger partial charge in [-0.15, -0.1) is 0 Å². The molecule has 6 nitrogen and oxygen atoms in total. The first-order valence-corrected chi connectivity index (χ1v) is 10.5. The van der Waals surface area contributed by atoms with Crippen molar-refractivity contribution >= 4 is 22.5 Å². The minimum atomic E-state index is -0.221. The van der Waals surface area contributed by atoms with Crippen LogP contribution in [0.3, 0.4) is 0 Å². The van der Waals surface area contributed by atoms with Gasteiger partial charge in [0.2, 0.25) is 0 Å². The van der Waals surface area contributed by atoms with Crippen LogP contribution in [0.4, 0.5) is 5.69 Å². The Hall–Kier alpha value is -3.64. The summed E-state index contributed by atoms with van der Waals surface area (Å²) in [7, 11) is 0. The van der Waals surface area contributed by atoms with Crippen LogP contribution in [0.2, 0.25) is 0 Å². The monoisotopic (exact) mass is 409 g/mol. The van der Waals surface area contributed by atoms with E-state index < -0.39 is 0 Å². The highest BCUT2D eigenvalue weighted by Gasteiger charge is 2.21. The molecule has 1 saturated heterocycles. The molecule has 0 saturated carbocycles. The number of pyridine rings is 1. The van der Waals surface area contributed by atoms with Crippen molar-refractivity contribution in [2.24, 2.45) is 0 Å². The van der Waals surface area contributed by atoms with Crippen LogP contribution in [0.1, 0.15) is 34.0 Å². The van der Waals surface area contributed by atoms with Gasteiger partial charge < -0.3 is 10.6 Å². The zero-order valence-electron chi connectivity index (χ0n) is 17.3. The average molecular weight is 409 g/mol. The maximum atomic E-state index is 12.6. The predicted molar refractivity (Wildman–Crippen MR) is 122 cm³/mol. The molecule has 0 aliphatic carbocycles. The Morgan fingerprint density at radius 3 is 2.77 bits per heavy atom. The van der Waals surface area contributed by atoms with E-state index in [1.165, 1.54) is 5.56 Å². The molecule has 1 aliphatic heterocycles. The molecule has 31 heavy (non-hydrogen) atoms. The van der Waals surface area contributed by atoms with E-state index in [0.29, 0.717) is 11.6 Å². The maximum Gasteiger partial charge on any atom is 0.274 e. The molecule has 1 aliphatic rings. The first kappa shape index (κ1) is 19.3. The molecule has 1 amide bonds. The van der Waals surface area contributed by atoms with E-state index in [1.807, 2.05) is 43.5 Å². The van der Waals surface area contributed by atoms with E-state index >= 15 is 0 Å². The fraction of sp³-hybridized carbons (Fsp3) is 0.200. The third-order valence-corrected chi connectivity index (χ3v) is 5.74. The molecule has 1 atom stereocenters. The fourth-order valence-corrected chi connectivity index (χ4v) is 4.15. The third-order valence-electron chi connectivity index (χ3n) is 5.74. The number of nitrogens with zero attached hydrogens (tertiary/aromatic N) is 3. The zero-order chi connectivity index (χ0) is 21.2. The summed E-state index contributed by atoms with van der Waals surface area (Å²) >= 11 is 0. The highest BCUT2D eigenvalue weighted by molar-refractivity contribution is 6.03. The lowest BCUT2D eigenvalue weighted by Gasteiger charge is -2.14. The van der Waals surface area contributed by atoms with Crippen molar-refractivity contribution in [1.82, 2.24) is 20.3 Å². The van der Waals surface area contributed by atoms with Gasteiger partial charge in [-0.1, -0.05) is 18.2 Å². The summed E-state index contributed by atoms with van der Waals surface area (Å²) in [5, 5.41) is 7.36. The molecule has 154 valence electrons. The molecule has 6 heteroatoms. The lowest BCUT2D eigenvalue weighted by molar-refractivity contribution is 0.102. The molecule has 3 heterocycles. The number of nitrogens with one attached hydrogen (secondary N) is 2. The number of carbonyl (C=O) groups is 1. The number of hydrogen-bond acceptors (Lipinski definition) is 5. The maximum absolute atomic E-state index is 12.6. The Balaban J connectivity index is 1.44. The normalized spacial score (nSPS) is 15.8. The van der Waals surface area contributed by atoms with Gasteiger partial charge in [0.1, 0.15) is 12.0 Å². The molecule has 5 rings (SSSR count). The van der Waals surface area contributed by atoms with E-state index in [2.05, 4.69) is 37.7 Å². The van der Waals surface area contributed by atoms with Gasteiger partial charge in [-0.05, 0) is 72.8 Å². The van der Waals surface area contributed by atoms with Crippen molar-refractivity contribution in [2.45, 2.75) is 19.3 Å². The van der Waals surface area contributed by atoms with Crippen molar-refractivity contribution in [3.8, 4) is 11.1 Å². The van der Waals surface area contributed by atoms with Crippen LogP contribution in [-0.4, -0.2) is 33.9 Å². The number of aryl methyl sites for hydroxylation is 1. The van der Waals surface area contributed by atoms with Gasteiger partial charge in [-0.2, -0.15) is 0 Å². The predicted octanol–water partition coefficient (Wildman–Crippen LogP) is 4.33. The molecule has 2 N–H and O–H groups in total. The van der Waals surface area contributed by atoms with Gasteiger partial charge in [0.15, 0.2) is 0 Å². The van der Waals surface area contributed by atoms with E-state index in [-0.39, 0.29) is 5.91 Å². The summed E-state index contributed by atoms with van der Waals surface area (Å²) in [5.74, 6) is 0.214. The van der Waals surface area contributed by atoms with Crippen LogP contribution < -0.4 is 10.6 Å². The Kier molecular flexibility index (Phi) is 5.14. The van der Waals surface area contributed by atoms with Gasteiger partial charge in [-0.3, -0.25) is 9.78 Å². The number of benzene rings is 2. The molecular weight excluding hydrogens is 386 g/mol. The first-order valence-electron chi connectivity index (χ1n) is 10.5. The Labute approximate surface area is 180 Å². The average Bonchev–Trinajstić information content (AvgIpc) is 3.33. The Morgan fingerprint density at radius 2 is 2.00 bits per heavy atom. The molecule has 0 bridgehead atoms. The first-order chi connectivity index (χ1) is 15.2. The summed E-state index contributed by atoms with van der Waals surface area (Å²) in [5.41, 5.74) is 6.51. The topological polar surface area (TPSA) is 79.8 Å². The molecule has 2 aromatic carbocycles. The Bertz CT molecular complexity index is 1250. The van der Waals surface area contributed by atoms with Crippen LogP contribution in [0.25, 0.3) is 22.0 Å². The molecule has 1 unspecified atom stereocenters. The van der Waals surface area contributed by atoms with Crippen molar-refractivity contribution in [3.63, 3.8) is 0 Å². The molecular formula is C25H23N5O. The van der Waals surface area contributed by atoms with E-state index in [0.717, 1.165) is 52.8 Å². The standard InChI is InChI=1S/C25H23N5O/c1-16-3-2-4-21(9-16)30-25(31)23-6-5-17(14-28-23)19-10-20-13-27-15-29-24(20)22(11-19)18-7-8-26-12-18/h2-6,9-11,13-15,18,26H,7-8,12H2,1H3,(H,30,31). The molecule has 2 aromatic heterocycles. The van der Waals surface area contributed by atoms with Crippen molar-refractivity contribution in [2.75, 3.05) is 18.4 Å². The minimum absolute atomic E-state index is 0.221. The number of rotatable bonds is 4. The summed E-state index contributed by atoms with van der Waals surface area (Å²) in [6.07, 6.45) is 6.32. The second-order valence-corrected chi connectivity index (χ2v) is 7.97. The number of hydrogen-bond donors (Lipinski definition) is 2. The second-order valence-electron chi connectivity index (χ2n) is 7.97. The quantitative estimate of drug-likeness (QED) is 0.524. The van der Waals surface area contributed by atoms with Crippen LogP contribution in [0.15, 0.2) is 67.3 Å². The zero-order valence-corrected chi connectivity index (χ0v) is 17.3. The van der Waals surface area contributed by atoms with E-state index in [4.69, 9.17) is 0 Å². The number of fused-ring (bicyclic) bond motifs is 1. The highest BCUT2D eigenvalue weighted by atomic mass is 16.1. The Morgan fingerprint density at radius 1 is 1.06 bits per heavy atom. The molecule has 4 aromatic rings. The minimum Gasteiger partial charge on any atom is -0.321 e. The van der Waals surface area contributed by atoms with Crippen LogP contribution in [0, 0.1) is 6.92 Å². The van der Waals surface area contributed by atoms with Crippen molar-refractivity contribution in [3.05, 3.63) is 84.1 Å². The van der Waals surface area contributed by atoms with Crippen LogP contribution in [-0.2, 0) is 0 Å². The van der Waals surface area contributed by atoms with Crippen molar-refractivity contribution < 1.29 is 4.79 Å². The van der Waals surface area contributed by atoms with Gasteiger partial charge in [0, 0.05) is 35.6 Å². The van der Waals surface area contributed by atoms with Gasteiger partial charge in [0.05, 0.1) is 5.52 Å². The summed E-state index contributed by atoms with van der Waals surface area (Å²) in [6.45, 7) is 3.97. The highest BCUT2D eigenvalue weighted by Crippen LogP contribution is 2.33. The summed E-state index contributed by atoms with van der Waals surface area (Å²) in [4.78, 5) is 25.7. The van der Waals surface area contributed by atoms with Crippen LogP contribution >= 0.6 is 0 Å². The lowest BCUT2D eigenvalue weighted by Crippen LogP contribution is -2.13. The molecule has 0 radical (unpaired) electrons. The number of carbonyl (C=O) groups excluding carboxylic acids is 1. The van der Waals surface area contributed by atoms with Crippen LogP contribution in [0.5, 0.6) is 0 Å². The van der Waals surface area contributed by atoms with Gasteiger partial charge in [-0.25, -0.2) is 9.97 Å². The van der Waals surface area contributed by atoms with Gasteiger partial charge in [0.25, 0.3) is 5.91 Å². The lowest BCUT2D eigenvalue weighted by atomic mass is 9.92. The summed E-state index contributed by atoms with van der Waals surface area (Å²) in [6, 6.07) is 15.7. The van der Waals surface area contributed by atoms with Gasteiger partial charge >= 0.3 is 0 Å². The smallest absolute Gasteiger partial charge is 0.274 e. The third kappa shape index (κ3) is 4.02. The largest absolute Gasteiger partial charge is 0.321 e. The fourth-order valence-electron chi connectivity index (χ4n) is 4.15. The second kappa shape index (κ2) is 8.24. The summed E-state index contributed by atoms with van der Waals surface area (Å²) < 4.78 is 0. The molecule has 0 spiro atoms.